The minimum absolute atomic E-state index is 0.148. The van der Waals surface area contributed by atoms with Gasteiger partial charge in [0.05, 0.1) is 11.7 Å². The van der Waals surface area contributed by atoms with Crippen LogP contribution in [0.5, 0.6) is 5.75 Å². The standard InChI is InChI=1S/C15H16N2O/c16-9-14-12-6-2-1-5-11(12)10-17(14)13-7-3-4-8-15(13)18/h1-8,14,18H,9-10,16H2. The molecule has 2 aromatic carbocycles. The summed E-state index contributed by atoms with van der Waals surface area (Å²) >= 11 is 0. The van der Waals surface area contributed by atoms with Gasteiger partial charge in [0.25, 0.3) is 0 Å². The molecule has 92 valence electrons. The topological polar surface area (TPSA) is 49.5 Å². The zero-order valence-electron chi connectivity index (χ0n) is 10.1. The fraction of sp³-hybridized carbons (Fsp3) is 0.200. The number of benzene rings is 2. The van der Waals surface area contributed by atoms with Crippen molar-refractivity contribution in [1.82, 2.24) is 0 Å². The number of hydrogen-bond donors (Lipinski definition) is 2. The number of phenolic OH excluding ortho intramolecular Hbond substituents is 1. The Morgan fingerprint density at radius 1 is 1.11 bits per heavy atom. The fourth-order valence-electron chi connectivity index (χ4n) is 2.68. The van der Waals surface area contributed by atoms with Crippen LogP contribution in [0.15, 0.2) is 48.5 Å². The second-order valence-corrected chi connectivity index (χ2v) is 4.57. The summed E-state index contributed by atoms with van der Waals surface area (Å²) in [4.78, 5) is 2.17. The first kappa shape index (κ1) is 11.1. The number of nitrogens with zero attached hydrogens (tertiary/aromatic N) is 1. The van der Waals surface area contributed by atoms with E-state index in [0.29, 0.717) is 12.3 Å². The Morgan fingerprint density at radius 2 is 1.83 bits per heavy atom. The lowest BCUT2D eigenvalue weighted by atomic mass is 10.1. The van der Waals surface area contributed by atoms with Crippen molar-refractivity contribution in [2.24, 2.45) is 5.73 Å². The minimum Gasteiger partial charge on any atom is -0.506 e. The van der Waals surface area contributed by atoms with Crippen LogP contribution in [0.1, 0.15) is 17.2 Å². The molecule has 1 unspecified atom stereocenters. The van der Waals surface area contributed by atoms with Crippen molar-refractivity contribution >= 4 is 5.69 Å². The zero-order valence-corrected chi connectivity index (χ0v) is 10.1. The molecule has 0 bridgehead atoms. The van der Waals surface area contributed by atoms with Gasteiger partial charge in [-0.3, -0.25) is 0 Å². The number of anilines is 1. The molecular weight excluding hydrogens is 224 g/mol. The molecule has 3 heteroatoms. The monoisotopic (exact) mass is 240 g/mol. The van der Waals surface area contributed by atoms with Crippen LogP contribution in [0.2, 0.25) is 0 Å². The highest BCUT2D eigenvalue weighted by atomic mass is 16.3. The molecule has 1 aliphatic heterocycles. The molecule has 0 saturated carbocycles. The third kappa shape index (κ3) is 1.64. The molecule has 1 aliphatic rings. The van der Waals surface area contributed by atoms with Crippen molar-refractivity contribution < 1.29 is 5.11 Å². The number of aromatic hydroxyl groups is 1. The van der Waals surface area contributed by atoms with Crippen LogP contribution in [0, 0.1) is 0 Å². The molecule has 0 aliphatic carbocycles. The van der Waals surface area contributed by atoms with E-state index in [-0.39, 0.29) is 6.04 Å². The van der Waals surface area contributed by atoms with Crippen molar-refractivity contribution in [2.75, 3.05) is 11.4 Å². The summed E-state index contributed by atoms with van der Waals surface area (Å²) in [5, 5.41) is 9.98. The summed E-state index contributed by atoms with van der Waals surface area (Å²) in [5.41, 5.74) is 9.31. The Labute approximate surface area is 106 Å². The molecule has 0 radical (unpaired) electrons. The number of fused-ring (bicyclic) bond motifs is 1. The largest absolute Gasteiger partial charge is 0.506 e. The Bertz CT molecular complexity index is 568. The van der Waals surface area contributed by atoms with Crippen LogP contribution in [-0.4, -0.2) is 11.7 Å². The Balaban J connectivity index is 2.04. The highest BCUT2D eigenvalue weighted by Crippen LogP contribution is 2.40. The lowest BCUT2D eigenvalue weighted by Gasteiger charge is -2.26. The van der Waals surface area contributed by atoms with Gasteiger partial charge in [-0.25, -0.2) is 0 Å². The quantitative estimate of drug-likeness (QED) is 0.847. The summed E-state index contributed by atoms with van der Waals surface area (Å²) in [7, 11) is 0. The lowest BCUT2D eigenvalue weighted by Crippen LogP contribution is -2.27. The predicted octanol–water partition coefficient (Wildman–Crippen LogP) is 2.41. The van der Waals surface area contributed by atoms with E-state index in [9.17, 15) is 5.11 Å². The van der Waals surface area contributed by atoms with Crippen molar-refractivity contribution in [3.05, 3.63) is 59.7 Å². The van der Waals surface area contributed by atoms with Crippen LogP contribution in [0.25, 0.3) is 0 Å². The molecule has 3 rings (SSSR count). The van der Waals surface area contributed by atoms with E-state index in [1.54, 1.807) is 6.07 Å². The van der Waals surface area contributed by atoms with E-state index in [1.165, 1.54) is 11.1 Å². The first-order chi connectivity index (χ1) is 8.81. The highest BCUT2D eigenvalue weighted by molar-refractivity contribution is 5.62. The van der Waals surface area contributed by atoms with Crippen LogP contribution >= 0.6 is 0 Å². The molecule has 2 aromatic rings. The third-order valence-corrected chi connectivity index (χ3v) is 3.55. The lowest BCUT2D eigenvalue weighted by molar-refractivity contribution is 0.471. The average molecular weight is 240 g/mol. The molecule has 1 atom stereocenters. The summed E-state index contributed by atoms with van der Waals surface area (Å²) < 4.78 is 0. The number of phenols is 1. The summed E-state index contributed by atoms with van der Waals surface area (Å²) in [6.45, 7) is 1.35. The van der Waals surface area contributed by atoms with Crippen molar-refractivity contribution in [1.29, 1.82) is 0 Å². The molecule has 1 heterocycles. The second kappa shape index (κ2) is 4.35. The second-order valence-electron chi connectivity index (χ2n) is 4.57. The van der Waals surface area contributed by atoms with Crippen molar-refractivity contribution in [3.63, 3.8) is 0 Å². The van der Waals surface area contributed by atoms with Gasteiger partial charge in [0.1, 0.15) is 5.75 Å². The Kier molecular flexibility index (Phi) is 2.68. The number of para-hydroxylation sites is 2. The van der Waals surface area contributed by atoms with Gasteiger partial charge in [-0.05, 0) is 23.3 Å². The highest BCUT2D eigenvalue weighted by Gasteiger charge is 2.29. The third-order valence-electron chi connectivity index (χ3n) is 3.55. The fourth-order valence-corrected chi connectivity index (χ4v) is 2.68. The van der Waals surface area contributed by atoms with Gasteiger partial charge in [0, 0.05) is 13.1 Å². The smallest absolute Gasteiger partial charge is 0.138 e. The molecule has 3 nitrogen and oxygen atoms in total. The maximum atomic E-state index is 9.98. The van der Waals surface area contributed by atoms with E-state index < -0.39 is 0 Å². The van der Waals surface area contributed by atoms with Gasteiger partial charge in [-0.2, -0.15) is 0 Å². The predicted molar refractivity (Wildman–Crippen MR) is 72.5 cm³/mol. The van der Waals surface area contributed by atoms with Gasteiger partial charge in [-0.15, -0.1) is 0 Å². The molecule has 0 amide bonds. The van der Waals surface area contributed by atoms with E-state index in [0.717, 1.165) is 12.2 Å². The van der Waals surface area contributed by atoms with E-state index in [1.807, 2.05) is 30.3 Å². The van der Waals surface area contributed by atoms with Gasteiger partial charge in [0.15, 0.2) is 0 Å². The first-order valence-corrected chi connectivity index (χ1v) is 6.14. The molecular formula is C15H16N2O. The van der Waals surface area contributed by atoms with Gasteiger partial charge in [-0.1, -0.05) is 36.4 Å². The van der Waals surface area contributed by atoms with Crippen molar-refractivity contribution in [2.45, 2.75) is 12.6 Å². The molecule has 0 saturated heterocycles. The average Bonchev–Trinajstić information content (AvgIpc) is 2.77. The number of hydrogen-bond acceptors (Lipinski definition) is 3. The summed E-state index contributed by atoms with van der Waals surface area (Å²) in [6.07, 6.45) is 0. The van der Waals surface area contributed by atoms with E-state index in [2.05, 4.69) is 17.0 Å². The van der Waals surface area contributed by atoms with Gasteiger partial charge in [0.2, 0.25) is 0 Å². The van der Waals surface area contributed by atoms with Crippen LogP contribution < -0.4 is 10.6 Å². The summed E-state index contributed by atoms with van der Waals surface area (Å²) in [6, 6.07) is 15.9. The molecule has 0 fully saturated rings. The van der Waals surface area contributed by atoms with Crippen molar-refractivity contribution in [3.8, 4) is 5.75 Å². The summed E-state index contributed by atoms with van der Waals surface area (Å²) in [5.74, 6) is 0.309. The van der Waals surface area contributed by atoms with Gasteiger partial charge < -0.3 is 15.7 Å². The molecule has 0 aromatic heterocycles. The Morgan fingerprint density at radius 3 is 2.61 bits per heavy atom. The van der Waals surface area contributed by atoms with E-state index >= 15 is 0 Å². The van der Waals surface area contributed by atoms with Crippen LogP contribution in [0.4, 0.5) is 5.69 Å². The van der Waals surface area contributed by atoms with Crippen LogP contribution in [0.3, 0.4) is 0 Å². The maximum absolute atomic E-state index is 9.98. The zero-order chi connectivity index (χ0) is 12.5. The van der Waals surface area contributed by atoms with Gasteiger partial charge >= 0.3 is 0 Å². The van der Waals surface area contributed by atoms with Crippen LogP contribution in [-0.2, 0) is 6.54 Å². The minimum atomic E-state index is 0.148. The molecule has 3 N–H and O–H groups in total. The Hall–Kier alpha value is -2.00. The SMILES string of the molecule is NCC1c2ccccc2CN1c1ccccc1O. The number of nitrogens with two attached hydrogens (primary N) is 1. The van der Waals surface area contributed by atoms with E-state index in [4.69, 9.17) is 5.73 Å². The first-order valence-electron chi connectivity index (χ1n) is 6.14. The number of rotatable bonds is 2. The molecule has 18 heavy (non-hydrogen) atoms. The maximum Gasteiger partial charge on any atom is 0.138 e. The molecule has 0 spiro atoms. The normalized spacial score (nSPS) is 17.8.